The van der Waals surface area contributed by atoms with Gasteiger partial charge in [-0.3, -0.25) is 0 Å². The Labute approximate surface area is 194 Å². The number of hydrogen-bond donors (Lipinski definition) is 1. The smallest absolute Gasteiger partial charge is 0.0995 e. The maximum Gasteiger partial charge on any atom is 0.0995 e. The largest absolute Gasteiger partial charge is 0.392 e. The van der Waals surface area contributed by atoms with Gasteiger partial charge < -0.3 is 5.11 Å². The van der Waals surface area contributed by atoms with Crippen LogP contribution in [0.2, 0.25) is 0 Å². The highest BCUT2D eigenvalue weighted by Gasteiger charge is 2.22. The maximum atomic E-state index is 10.2. The maximum absolute atomic E-state index is 10.2. The van der Waals surface area contributed by atoms with Crippen molar-refractivity contribution in [2.45, 2.75) is 6.61 Å². The van der Waals surface area contributed by atoms with Crippen molar-refractivity contribution in [3.8, 4) is 17.2 Å². The first-order chi connectivity index (χ1) is 16.8. The van der Waals surface area contributed by atoms with Crippen LogP contribution in [0.5, 0.6) is 0 Å². The second kappa shape index (κ2) is 6.11. The molecule has 156 valence electrons. The molecule has 2 nitrogen and oxygen atoms in total. The van der Waals surface area contributed by atoms with Crippen LogP contribution in [-0.4, -0.2) is 5.11 Å². The van der Waals surface area contributed by atoms with Crippen LogP contribution in [0.1, 0.15) is 11.1 Å². The summed E-state index contributed by atoms with van der Waals surface area (Å²) in [6, 6.07) is 32.5. The Morgan fingerprint density at radius 1 is 0.559 bits per heavy atom. The van der Waals surface area contributed by atoms with Gasteiger partial charge in [-0.1, -0.05) is 72.8 Å². The average molecular weight is 431 g/mol. The molecule has 34 heavy (non-hydrogen) atoms. The van der Waals surface area contributed by atoms with E-state index >= 15 is 0 Å². The second-order valence-corrected chi connectivity index (χ2v) is 9.27. The molecule has 0 amide bonds. The lowest BCUT2D eigenvalue weighted by Gasteiger charge is -2.22. The van der Waals surface area contributed by atoms with Crippen molar-refractivity contribution in [2.24, 2.45) is 0 Å². The first kappa shape index (κ1) is 18.0. The molecule has 0 aliphatic carbocycles. The molecule has 0 bridgehead atoms. The lowest BCUT2D eigenvalue weighted by Crippen LogP contribution is -1.97. The van der Waals surface area contributed by atoms with E-state index in [2.05, 4.69) is 72.8 Å². The van der Waals surface area contributed by atoms with Crippen molar-refractivity contribution in [2.75, 3.05) is 0 Å². The van der Waals surface area contributed by atoms with E-state index in [9.17, 15) is 10.4 Å². The third kappa shape index (κ3) is 2.00. The van der Waals surface area contributed by atoms with Gasteiger partial charge in [0, 0.05) is 5.56 Å². The van der Waals surface area contributed by atoms with E-state index in [-0.39, 0.29) is 6.61 Å². The molecular formula is C32H17NO. The monoisotopic (exact) mass is 431 g/mol. The number of benzene rings is 8. The van der Waals surface area contributed by atoms with E-state index in [4.69, 9.17) is 0 Å². The summed E-state index contributed by atoms with van der Waals surface area (Å²) in [4.78, 5) is 0. The molecule has 0 heterocycles. The summed E-state index contributed by atoms with van der Waals surface area (Å²) < 4.78 is 0. The summed E-state index contributed by atoms with van der Waals surface area (Å²) in [5, 5.41) is 35.2. The van der Waals surface area contributed by atoms with E-state index in [1.165, 1.54) is 59.2 Å². The molecule has 0 saturated carbocycles. The fourth-order valence-corrected chi connectivity index (χ4v) is 6.32. The molecule has 2 heteroatoms. The molecular weight excluding hydrogens is 414 g/mol. The quantitative estimate of drug-likeness (QED) is 0.223. The van der Waals surface area contributed by atoms with Gasteiger partial charge in [-0.15, -0.1) is 0 Å². The Morgan fingerprint density at radius 3 is 1.62 bits per heavy atom. The van der Waals surface area contributed by atoms with Crippen LogP contribution in [0.3, 0.4) is 0 Å². The highest BCUT2D eigenvalue weighted by atomic mass is 16.3. The zero-order valence-corrected chi connectivity index (χ0v) is 18.2. The number of nitrogens with zero attached hydrogens (tertiary/aromatic N) is 1. The van der Waals surface area contributed by atoms with Crippen LogP contribution in [0, 0.1) is 11.3 Å². The van der Waals surface area contributed by atoms with Gasteiger partial charge in [-0.2, -0.15) is 5.26 Å². The number of aliphatic hydroxyl groups is 1. The van der Waals surface area contributed by atoms with E-state index in [0.717, 1.165) is 16.5 Å². The fraction of sp³-hybridized carbons (Fsp3) is 0.0312. The van der Waals surface area contributed by atoms with E-state index in [0.29, 0.717) is 11.1 Å². The van der Waals surface area contributed by atoms with Crippen molar-refractivity contribution in [3.63, 3.8) is 0 Å². The third-order valence-corrected chi connectivity index (χ3v) is 7.75. The SMILES string of the molecule is N#Cc1cccc(-c2cc3ccc4ccc5ccc6ccc7ccc2c2c7c6c5c4c32)c1CO. The lowest BCUT2D eigenvalue weighted by atomic mass is 9.80. The molecule has 0 radical (unpaired) electrons. The summed E-state index contributed by atoms with van der Waals surface area (Å²) in [6.45, 7) is -0.169. The molecule has 0 unspecified atom stereocenters. The minimum absolute atomic E-state index is 0.169. The molecule has 0 aliphatic heterocycles. The summed E-state index contributed by atoms with van der Waals surface area (Å²) in [6.07, 6.45) is 0. The van der Waals surface area contributed by atoms with Gasteiger partial charge in [0.1, 0.15) is 0 Å². The van der Waals surface area contributed by atoms with E-state index in [1.54, 1.807) is 6.07 Å². The van der Waals surface area contributed by atoms with Crippen molar-refractivity contribution >= 4 is 64.6 Å². The van der Waals surface area contributed by atoms with Crippen LogP contribution in [-0.2, 0) is 6.61 Å². The molecule has 8 aromatic rings. The number of nitriles is 1. The van der Waals surface area contributed by atoms with Crippen LogP contribution in [0.4, 0.5) is 0 Å². The molecule has 0 aliphatic rings. The normalized spacial score (nSPS) is 12.4. The summed E-state index contributed by atoms with van der Waals surface area (Å²) in [5.41, 5.74) is 3.19. The molecule has 8 rings (SSSR count). The molecule has 0 aromatic heterocycles. The third-order valence-electron chi connectivity index (χ3n) is 7.75. The van der Waals surface area contributed by atoms with Crippen LogP contribution >= 0.6 is 0 Å². The predicted octanol–water partition coefficient (Wildman–Crippen LogP) is 7.95. The topological polar surface area (TPSA) is 44.0 Å². The molecule has 8 aromatic carbocycles. The minimum atomic E-state index is -0.169. The summed E-state index contributed by atoms with van der Waals surface area (Å²) in [5.74, 6) is 0. The Bertz CT molecular complexity index is 2050. The molecule has 0 saturated heterocycles. The lowest BCUT2D eigenvalue weighted by molar-refractivity contribution is 0.282. The van der Waals surface area contributed by atoms with Crippen molar-refractivity contribution in [3.05, 3.63) is 96.1 Å². The molecule has 0 fully saturated rings. The molecule has 1 N–H and O–H groups in total. The number of aliphatic hydroxyl groups excluding tert-OH is 1. The van der Waals surface area contributed by atoms with Gasteiger partial charge >= 0.3 is 0 Å². The van der Waals surface area contributed by atoms with E-state index < -0.39 is 0 Å². The summed E-state index contributed by atoms with van der Waals surface area (Å²) >= 11 is 0. The van der Waals surface area contributed by atoms with Crippen molar-refractivity contribution in [1.82, 2.24) is 0 Å². The van der Waals surface area contributed by atoms with Crippen LogP contribution in [0.25, 0.3) is 75.8 Å². The first-order valence-electron chi connectivity index (χ1n) is 11.5. The van der Waals surface area contributed by atoms with Crippen molar-refractivity contribution < 1.29 is 5.11 Å². The molecule has 0 atom stereocenters. The molecule has 0 spiro atoms. The fourth-order valence-electron chi connectivity index (χ4n) is 6.32. The predicted molar refractivity (Wildman–Crippen MR) is 141 cm³/mol. The standard InChI is InChI=1S/C32H17NO/c33-15-22-2-1-3-23(26(22)16-34)25-14-21-11-10-19-7-5-17-4-6-18-8-9-20-12-13-24(25)32-30(20)28(18)27(17)29(19)31(21)32/h1-14,34H,16H2. The Balaban J connectivity index is 1.71. The van der Waals surface area contributed by atoms with Gasteiger partial charge in [-0.05, 0) is 87.9 Å². The highest BCUT2D eigenvalue weighted by molar-refractivity contribution is 6.45. The second-order valence-electron chi connectivity index (χ2n) is 9.27. The number of rotatable bonds is 2. The average Bonchev–Trinajstić information content (AvgIpc) is 2.90. The highest BCUT2D eigenvalue weighted by Crippen LogP contribution is 2.50. The van der Waals surface area contributed by atoms with E-state index in [1.807, 2.05) is 12.1 Å². The Morgan fingerprint density at radius 2 is 1.06 bits per heavy atom. The van der Waals surface area contributed by atoms with Crippen molar-refractivity contribution in [1.29, 1.82) is 5.26 Å². The number of hydrogen-bond acceptors (Lipinski definition) is 2. The van der Waals surface area contributed by atoms with Gasteiger partial charge in [-0.25, -0.2) is 0 Å². The van der Waals surface area contributed by atoms with Gasteiger partial charge in [0.15, 0.2) is 0 Å². The van der Waals surface area contributed by atoms with Crippen LogP contribution in [0.15, 0.2) is 84.9 Å². The van der Waals surface area contributed by atoms with Gasteiger partial charge in [0.2, 0.25) is 0 Å². The Hall–Kier alpha value is -4.45. The zero-order chi connectivity index (χ0) is 22.6. The first-order valence-corrected chi connectivity index (χ1v) is 11.5. The Kier molecular flexibility index (Phi) is 3.24. The zero-order valence-electron chi connectivity index (χ0n) is 18.2. The van der Waals surface area contributed by atoms with Gasteiger partial charge in [0.25, 0.3) is 0 Å². The summed E-state index contributed by atoms with van der Waals surface area (Å²) in [7, 11) is 0. The van der Waals surface area contributed by atoms with Gasteiger partial charge in [0.05, 0.1) is 18.2 Å². The minimum Gasteiger partial charge on any atom is -0.392 e. The van der Waals surface area contributed by atoms with Crippen LogP contribution < -0.4 is 0 Å².